The van der Waals surface area contributed by atoms with Crippen LogP contribution >= 0.6 is 11.3 Å². The summed E-state index contributed by atoms with van der Waals surface area (Å²) in [6.45, 7) is 2.22. The van der Waals surface area contributed by atoms with Crippen molar-refractivity contribution in [3.8, 4) is 10.8 Å². The van der Waals surface area contributed by atoms with E-state index in [1.165, 1.54) is 17.8 Å². The molecule has 1 fully saturated rings. The van der Waals surface area contributed by atoms with Crippen molar-refractivity contribution in [1.29, 1.82) is 0 Å². The summed E-state index contributed by atoms with van der Waals surface area (Å²) >= 11 is 1.36. The van der Waals surface area contributed by atoms with Crippen LogP contribution in [0.3, 0.4) is 0 Å². The van der Waals surface area contributed by atoms with Gasteiger partial charge in [-0.05, 0) is 24.5 Å². The molecule has 2 aromatic rings. The number of rotatable bonds is 3. The van der Waals surface area contributed by atoms with E-state index in [9.17, 15) is 4.79 Å². The summed E-state index contributed by atoms with van der Waals surface area (Å²) in [7, 11) is 0. The van der Waals surface area contributed by atoms with E-state index in [-0.39, 0.29) is 0 Å². The lowest BCUT2D eigenvalue weighted by molar-refractivity contribution is 0.112. The van der Waals surface area contributed by atoms with Gasteiger partial charge in [0, 0.05) is 12.1 Å². The summed E-state index contributed by atoms with van der Waals surface area (Å²) in [5, 5.41) is 0.779. The van der Waals surface area contributed by atoms with E-state index in [0.29, 0.717) is 10.8 Å². The van der Waals surface area contributed by atoms with Gasteiger partial charge >= 0.3 is 0 Å². The molecule has 2 heterocycles. The molecule has 82 valence electrons. The summed E-state index contributed by atoms with van der Waals surface area (Å²) in [5.74, 6) is 3.14. The van der Waals surface area contributed by atoms with Crippen LogP contribution in [0.2, 0.25) is 0 Å². The minimum atomic E-state index is 0.583. The average Bonchev–Trinajstić information content (AvgIpc) is 2.80. The summed E-state index contributed by atoms with van der Waals surface area (Å²) in [4.78, 5) is 15.4. The van der Waals surface area contributed by atoms with Gasteiger partial charge in [-0.3, -0.25) is 4.79 Å². The van der Waals surface area contributed by atoms with Crippen LogP contribution in [0.4, 0.5) is 0 Å². The Balaban J connectivity index is 1.88. The van der Waals surface area contributed by atoms with Crippen LogP contribution in [-0.2, 0) is 0 Å². The second-order valence-electron chi connectivity index (χ2n) is 4.21. The number of furan rings is 1. The molecule has 2 aromatic heterocycles. The van der Waals surface area contributed by atoms with Gasteiger partial charge in [0.05, 0.1) is 4.88 Å². The molecule has 0 amide bonds. The Labute approximate surface area is 97.1 Å². The molecule has 0 bridgehead atoms. The summed E-state index contributed by atoms with van der Waals surface area (Å²) in [6.07, 6.45) is 3.60. The molecule has 0 aromatic carbocycles. The molecule has 1 saturated carbocycles. The van der Waals surface area contributed by atoms with Crippen molar-refractivity contribution in [3.05, 3.63) is 29.0 Å². The zero-order valence-electron chi connectivity index (χ0n) is 8.84. The van der Waals surface area contributed by atoms with Crippen LogP contribution in [-0.4, -0.2) is 11.3 Å². The minimum Gasteiger partial charge on any atom is -0.458 e. The van der Waals surface area contributed by atoms with Gasteiger partial charge in [-0.1, -0.05) is 6.92 Å². The number of hydrogen-bond donors (Lipinski definition) is 0. The van der Waals surface area contributed by atoms with Crippen molar-refractivity contribution in [2.45, 2.75) is 19.3 Å². The predicted octanol–water partition coefficient (Wildman–Crippen LogP) is 3.34. The van der Waals surface area contributed by atoms with Crippen LogP contribution in [0.25, 0.3) is 10.8 Å². The fourth-order valence-corrected chi connectivity index (χ4v) is 2.53. The topological polar surface area (TPSA) is 43.1 Å². The number of carbonyl (C=O) groups excluding carboxylic acids is 1. The highest BCUT2D eigenvalue weighted by molar-refractivity contribution is 7.16. The van der Waals surface area contributed by atoms with Gasteiger partial charge in [-0.15, -0.1) is 11.3 Å². The predicted molar refractivity (Wildman–Crippen MR) is 61.7 cm³/mol. The lowest BCUT2D eigenvalue weighted by Crippen LogP contribution is -1.74. The van der Waals surface area contributed by atoms with Crippen LogP contribution in [0.15, 0.2) is 22.7 Å². The highest BCUT2D eigenvalue weighted by Gasteiger charge is 2.36. The van der Waals surface area contributed by atoms with Crippen molar-refractivity contribution in [1.82, 2.24) is 4.98 Å². The fraction of sp³-hybridized carbons (Fsp3) is 0.333. The number of nitrogens with zero attached hydrogens (tertiary/aromatic N) is 1. The first kappa shape index (κ1) is 9.78. The van der Waals surface area contributed by atoms with Crippen LogP contribution in [0.5, 0.6) is 0 Å². The smallest absolute Gasteiger partial charge is 0.162 e. The molecule has 2 unspecified atom stereocenters. The molecule has 2 atom stereocenters. The van der Waals surface area contributed by atoms with E-state index in [0.717, 1.165) is 28.7 Å². The van der Waals surface area contributed by atoms with Crippen molar-refractivity contribution < 1.29 is 9.21 Å². The quantitative estimate of drug-likeness (QED) is 0.763. The number of carbonyl (C=O) groups is 1. The first-order valence-corrected chi connectivity index (χ1v) is 6.10. The molecule has 0 saturated heterocycles. The first-order chi connectivity index (χ1) is 7.78. The molecular formula is C12H11NO2S. The van der Waals surface area contributed by atoms with Crippen molar-refractivity contribution in [2.24, 2.45) is 5.92 Å². The third-order valence-electron chi connectivity index (χ3n) is 2.95. The summed E-state index contributed by atoms with van der Waals surface area (Å²) < 4.78 is 5.75. The Kier molecular flexibility index (Phi) is 2.17. The Morgan fingerprint density at radius 1 is 1.56 bits per heavy atom. The lowest BCUT2D eigenvalue weighted by Gasteiger charge is -1.91. The van der Waals surface area contributed by atoms with E-state index in [4.69, 9.17) is 4.42 Å². The first-order valence-electron chi connectivity index (χ1n) is 5.29. The Morgan fingerprint density at radius 3 is 3.00 bits per heavy atom. The maximum absolute atomic E-state index is 10.6. The Morgan fingerprint density at radius 2 is 2.38 bits per heavy atom. The number of aldehydes is 1. The second kappa shape index (κ2) is 3.56. The van der Waals surface area contributed by atoms with Gasteiger partial charge < -0.3 is 4.42 Å². The van der Waals surface area contributed by atoms with Gasteiger partial charge in [-0.25, -0.2) is 4.98 Å². The average molecular weight is 233 g/mol. The fourth-order valence-electron chi connectivity index (χ4n) is 1.84. The number of aromatic nitrogens is 1. The highest BCUT2D eigenvalue weighted by atomic mass is 32.1. The molecule has 0 spiro atoms. The van der Waals surface area contributed by atoms with E-state index < -0.39 is 0 Å². The van der Waals surface area contributed by atoms with Gasteiger partial charge in [0.2, 0.25) is 0 Å². The SMILES string of the molecule is CC1CC1c1ccc(-c2ncc(C=O)s2)o1. The molecular weight excluding hydrogens is 222 g/mol. The zero-order valence-corrected chi connectivity index (χ0v) is 9.66. The van der Waals surface area contributed by atoms with Gasteiger partial charge in [-0.2, -0.15) is 0 Å². The van der Waals surface area contributed by atoms with E-state index in [1.54, 1.807) is 6.20 Å². The molecule has 3 nitrogen and oxygen atoms in total. The number of hydrogen-bond acceptors (Lipinski definition) is 4. The summed E-state index contributed by atoms with van der Waals surface area (Å²) in [6, 6.07) is 3.96. The van der Waals surface area contributed by atoms with Crippen molar-refractivity contribution in [3.63, 3.8) is 0 Å². The third kappa shape index (κ3) is 1.59. The monoisotopic (exact) mass is 233 g/mol. The molecule has 0 aliphatic heterocycles. The lowest BCUT2D eigenvalue weighted by atomic mass is 10.3. The van der Waals surface area contributed by atoms with Crippen LogP contribution < -0.4 is 0 Å². The normalized spacial score (nSPS) is 23.3. The van der Waals surface area contributed by atoms with E-state index >= 15 is 0 Å². The highest BCUT2D eigenvalue weighted by Crippen LogP contribution is 2.48. The molecule has 1 aliphatic rings. The molecule has 0 N–H and O–H groups in total. The Hall–Kier alpha value is -1.42. The van der Waals surface area contributed by atoms with Gasteiger partial charge in [0.25, 0.3) is 0 Å². The maximum atomic E-state index is 10.6. The molecule has 1 aliphatic carbocycles. The van der Waals surface area contributed by atoms with Crippen LogP contribution in [0, 0.1) is 5.92 Å². The van der Waals surface area contributed by atoms with Gasteiger partial charge in [0.15, 0.2) is 17.1 Å². The van der Waals surface area contributed by atoms with Gasteiger partial charge in [0.1, 0.15) is 5.76 Å². The van der Waals surface area contributed by atoms with E-state index in [1.807, 2.05) is 12.1 Å². The zero-order chi connectivity index (χ0) is 11.1. The standard InChI is InChI=1S/C12H11NO2S/c1-7-4-9(7)10-2-3-11(15-10)12-13-5-8(6-14)16-12/h2-3,5-7,9H,4H2,1H3. The van der Waals surface area contributed by atoms with E-state index in [2.05, 4.69) is 11.9 Å². The largest absolute Gasteiger partial charge is 0.458 e. The molecule has 0 radical (unpaired) electrons. The van der Waals surface area contributed by atoms with Crippen LogP contribution in [0.1, 0.15) is 34.7 Å². The van der Waals surface area contributed by atoms with Crippen molar-refractivity contribution in [2.75, 3.05) is 0 Å². The molecule has 16 heavy (non-hydrogen) atoms. The Bertz CT molecular complexity index is 529. The third-order valence-corrected chi connectivity index (χ3v) is 3.89. The minimum absolute atomic E-state index is 0.583. The molecule has 4 heteroatoms. The second-order valence-corrected chi connectivity index (χ2v) is 5.27. The maximum Gasteiger partial charge on any atom is 0.162 e. The number of thiazole rings is 1. The summed E-state index contributed by atoms with van der Waals surface area (Å²) in [5.41, 5.74) is 0. The van der Waals surface area contributed by atoms with Crippen molar-refractivity contribution >= 4 is 17.6 Å². The molecule has 3 rings (SSSR count).